The minimum absolute atomic E-state index is 0.184. The average molecular weight is 277 g/mol. The number of rotatable bonds is 4. The molecule has 0 radical (unpaired) electrons. The maximum Gasteiger partial charge on any atom is 0.331 e. The van der Waals surface area contributed by atoms with Gasteiger partial charge in [-0.2, -0.15) is 0 Å². The molecule has 1 N–H and O–H groups in total. The molecule has 0 atom stereocenters. The average Bonchev–Trinajstić information content (AvgIpc) is 2.82. The summed E-state index contributed by atoms with van der Waals surface area (Å²) in [6.07, 6.45) is 2.08. The molecule has 0 spiro atoms. The summed E-state index contributed by atoms with van der Waals surface area (Å²) in [4.78, 5) is 11.0. The van der Waals surface area contributed by atoms with Gasteiger partial charge in [0.2, 0.25) is 0 Å². The maximum atomic E-state index is 11.0. The molecule has 2 aromatic carbocycles. The fourth-order valence-corrected chi connectivity index (χ4v) is 2.76. The van der Waals surface area contributed by atoms with E-state index in [0.717, 1.165) is 27.4 Å². The highest BCUT2D eigenvalue weighted by atomic mass is 16.4. The van der Waals surface area contributed by atoms with Crippen molar-refractivity contribution >= 4 is 34.0 Å². The van der Waals surface area contributed by atoms with E-state index in [1.165, 1.54) is 0 Å². The molecule has 1 aromatic heterocycles. The molecule has 0 bridgehead atoms. The molecule has 3 heteroatoms. The van der Waals surface area contributed by atoms with Crippen molar-refractivity contribution in [2.45, 2.75) is 6.42 Å². The second-order valence-corrected chi connectivity index (χ2v) is 4.97. The topological polar surface area (TPSA) is 42.2 Å². The van der Waals surface area contributed by atoms with Crippen LogP contribution in [0.1, 0.15) is 5.56 Å². The van der Waals surface area contributed by atoms with Crippen molar-refractivity contribution in [1.29, 1.82) is 0 Å². The van der Waals surface area contributed by atoms with Crippen LogP contribution in [-0.4, -0.2) is 15.6 Å². The van der Waals surface area contributed by atoms with E-state index >= 15 is 0 Å². The molecule has 104 valence electrons. The van der Waals surface area contributed by atoms with E-state index in [2.05, 4.69) is 19.2 Å². The lowest BCUT2D eigenvalue weighted by Crippen LogP contribution is -2.03. The Kier molecular flexibility index (Phi) is 3.10. The van der Waals surface area contributed by atoms with Gasteiger partial charge in [0.05, 0.1) is 11.0 Å². The van der Waals surface area contributed by atoms with Crippen molar-refractivity contribution in [3.8, 4) is 0 Å². The largest absolute Gasteiger partial charge is 0.478 e. The summed E-state index contributed by atoms with van der Waals surface area (Å²) in [6, 6.07) is 14.0. The second-order valence-electron chi connectivity index (χ2n) is 4.97. The number of hydrogen-bond acceptors (Lipinski definition) is 1. The minimum Gasteiger partial charge on any atom is -0.478 e. The molecule has 0 aliphatic heterocycles. The SMILES string of the molecule is C=Cn1c2ccccc2c2cccc(CC(=C)C(=O)O)c21. The first kappa shape index (κ1) is 13.2. The van der Waals surface area contributed by atoms with Crippen LogP contribution in [0.15, 0.2) is 61.2 Å². The smallest absolute Gasteiger partial charge is 0.331 e. The summed E-state index contributed by atoms with van der Waals surface area (Å²) in [6.45, 7) is 7.51. The molecule has 0 fully saturated rings. The summed E-state index contributed by atoms with van der Waals surface area (Å²) in [5.74, 6) is -0.965. The Bertz CT molecular complexity index is 887. The quantitative estimate of drug-likeness (QED) is 0.730. The lowest BCUT2D eigenvalue weighted by atomic mass is 10.0. The van der Waals surface area contributed by atoms with E-state index in [1.54, 1.807) is 6.20 Å². The van der Waals surface area contributed by atoms with E-state index in [1.807, 2.05) is 41.0 Å². The van der Waals surface area contributed by atoms with Gasteiger partial charge in [0.25, 0.3) is 0 Å². The molecule has 0 saturated carbocycles. The minimum atomic E-state index is -0.965. The predicted octanol–water partition coefficient (Wildman–Crippen LogP) is 4.08. The molecular weight excluding hydrogens is 262 g/mol. The van der Waals surface area contributed by atoms with Crippen LogP contribution in [0.4, 0.5) is 0 Å². The fourth-order valence-electron chi connectivity index (χ4n) is 2.76. The summed E-state index contributed by atoms with van der Waals surface area (Å²) in [5, 5.41) is 11.3. The standard InChI is InChI=1S/C18H15NO2/c1-3-19-16-10-5-4-8-14(16)15-9-6-7-13(17(15)19)11-12(2)18(20)21/h3-10H,1-2,11H2,(H,20,21). The van der Waals surface area contributed by atoms with Crippen LogP contribution in [0.25, 0.3) is 28.0 Å². The number of carboxylic acid groups (broad SMARTS) is 1. The molecular formula is C18H15NO2. The van der Waals surface area contributed by atoms with Gasteiger partial charge in [-0.15, -0.1) is 0 Å². The highest BCUT2D eigenvalue weighted by molar-refractivity contribution is 6.10. The van der Waals surface area contributed by atoms with Gasteiger partial charge in [0.15, 0.2) is 0 Å². The lowest BCUT2D eigenvalue weighted by Gasteiger charge is -2.07. The molecule has 0 aliphatic rings. The van der Waals surface area contributed by atoms with Crippen LogP contribution < -0.4 is 0 Å². The monoisotopic (exact) mass is 277 g/mol. The van der Waals surface area contributed by atoms with Gasteiger partial charge in [0, 0.05) is 29.0 Å². The molecule has 3 rings (SSSR count). The molecule has 0 unspecified atom stereocenters. The van der Waals surface area contributed by atoms with E-state index in [-0.39, 0.29) is 5.57 Å². The zero-order valence-electron chi connectivity index (χ0n) is 11.5. The normalized spacial score (nSPS) is 10.9. The van der Waals surface area contributed by atoms with Crippen LogP contribution in [0.3, 0.4) is 0 Å². The van der Waals surface area contributed by atoms with Crippen molar-refractivity contribution in [3.05, 3.63) is 66.8 Å². The first-order valence-corrected chi connectivity index (χ1v) is 6.67. The Hall–Kier alpha value is -2.81. The zero-order chi connectivity index (χ0) is 15.0. The molecule has 3 aromatic rings. The number of fused-ring (bicyclic) bond motifs is 3. The van der Waals surface area contributed by atoms with Gasteiger partial charge in [-0.3, -0.25) is 0 Å². The molecule has 1 heterocycles. The number of carboxylic acids is 1. The number of aliphatic carboxylic acids is 1. The number of aromatic nitrogens is 1. The van der Waals surface area contributed by atoms with Crippen LogP contribution in [0.2, 0.25) is 0 Å². The molecule has 0 aliphatic carbocycles. The van der Waals surface area contributed by atoms with Gasteiger partial charge in [0.1, 0.15) is 0 Å². The van der Waals surface area contributed by atoms with E-state index in [9.17, 15) is 4.79 Å². The van der Waals surface area contributed by atoms with Gasteiger partial charge in [-0.1, -0.05) is 49.6 Å². The first-order valence-electron chi connectivity index (χ1n) is 6.67. The van der Waals surface area contributed by atoms with Gasteiger partial charge in [-0.25, -0.2) is 4.79 Å². The first-order chi connectivity index (χ1) is 10.1. The third kappa shape index (κ3) is 2.03. The van der Waals surface area contributed by atoms with E-state index < -0.39 is 5.97 Å². The number of nitrogens with zero attached hydrogens (tertiary/aromatic N) is 1. The Labute approximate surface area is 122 Å². The number of hydrogen-bond donors (Lipinski definition) is 1. The Morgan fingerprint density at radius 1 is 1.14 bits per heavy atom. The van der Waals surface area contributed by atoms with Crippen molar-refractivity contribution < 1.29 is 9.90 Å². The molecule has 3 nitrogen and oxygen atoms in total. The Morgan fingerprint density at radius 2 is 1.86 bits per heavy atom. The van der Waals surface area contributed by atoms with Crippen LogP contribution >= 0.6 is 0 Å². The second kappa shape index (κ2) is 4.94. The third-order valence-corrected chi connectivity index (χ3v) is 3.70. The predicted molar refractivity (Wildman–Crippen MR) is 86.3 cm³/mol. The van der Waals surface area contributed by atoms with Crippen LogP contribution in [0.5, 0.6) is 0 Å². The van der Waals surface area contributed by atoms with Crippen molar-refractivity contribution in [2.75, 3.05) is 0 Å². The van der Waals surface area contributed by atoms with E-state index in [4.69, 9.17) is 5.11 Å². The Morgan fingerprint density at radius 3 is 2.57 bits per heavy atom. The number of carbonyl (C=O) groups is 1. The summed E-state index contributed by atoms with van der Waals surface area (Å²) in [7, 11) is 0. The molecule has 0 amide bonds. The number of benzene rings is 2. The van der Waals surface area contributed by atoms with Crippen molar-refractivity contribution in [3.63, 3.8) is 0 Å². The lowest BCUT2D eigenvalue weighted by molar-refractivity contribution is -0.132. The highest BCUT2D eigenvalue weighted by Gasteiger charge is 2.14. The third-order valence-electron chi connectivity index (χ3n) is 3.70. The van der Waals surface area contributed by atoms with Crippen molar-refractivity contribution in [1.82, 2.24) is 4.57 Å². The van der Waals surface area contributed by atoms with Gasteiger partial charge >= 0.3 is 5.97 Å². The number of para-hydroxylation sites is 2. The van der Waals surface area contributed by atoms with Crippen LogP contribution in [0, 0.1) is 0 Å². The highest BCUT2D eigenvalue weighted by Crippen LogP contribution is 2.32. The molecule has 21 heavy (non-hydrogen) atoms. The van der Waals surface area contributed by atoms with Gasteiger partial charge < -0.3 is 9.67 Å². The fraction of sp³-hybridized carbons (Fsp3) is 0.0556. The summed E-state index contributed by atoms with van der Waals surface area (Å²) in [5.41, 5.74) is 3.19. The Balaban J connectivity index is 2.34. The maximum absolute atomic E-state index is 11.0. The van der Waals surface area contributed by atoms with Crippen LogP contribution in [-0.2, 0) is 11.2 Å². The van der Waals surface area contributed by atoms with Crippen molar-refractivity contribution in [2.24, 2.45) is 0 Å². The zero-order valence-corrected chi connectivity index (χ0v) is 11.5. The molecule has 0 saturated heterocycles. The summed E-state index contributed by atoms with van der Waals surface area (Å²) >= 11 is 0. The summed E-state index contributed by atoms with van der Waals surface area (Å²) < 4.78 is 2.01. The van der Waals surface area contributed by atoms with Gasteiger partial charge in [-0.05, 0) is 11.6 Å². The van der Waals surface area contributed by atoms with E-state index in [0.29, 0.717) is 6.42 Å².